The highest BCUT2D eigenvalue weighted by Gasteiger charge is 2.31. The number of sulfonamides is 1. The van der Waals surface area contributed by atoms with Crippen molar-refractivity contribution < 1.29 is 8.42 Å². The van der Waals surface area contributed by atoms with Gasteiger partial charge in [-0.05, 0) is 32.9 Å². The highest BCUT2D eigenvalue weighted by molar-refractivity contribution is 7.89. The lowest BCUT2D eigenvalue weighted by molar-refractivity contribution is 0.448. The summed E-state index contributed by atoms with van der Waals surface area (Å²) >= 11 is 0. The zero-order chi connectivity index (χ0) is 11.3. The molecule has 4 nitrogen and oxygen atoms in total. The number of rotatable bonds is 6. The summed E-state index contributed by atoms with van der Waals surface area (Å²) in [5, 5.41) is 2.91. The minimum Gasteiger partial charge on any atom is -0.320 e. The van der Waals surface area contributed by atoms with Gasteiger partial charge >= 0.3 is 0 Å². The van der Waals surface area contributed by atoms with E-state index in [0.717, 1.165) is 38.6 Å². The molecule has 0 spiro atoms. The molecule has 1 fully saturated rings. The van der Waals surface area contributed by atoms with Crippen molar-refractivity contribution in [2.45, 2.75) is 37.4 Å². The van der Waals surface area contributed by atoms with Crippen LogP contribution in [0.5, 0.6) is 0 Å². The summed E-state index contributed by atoms with van der Waals surface area (Å²) in [6.45, 7) is 1.49. The van der Waals surface area contributed by atoms with Crippen LogP contribution in [0, 0.1) is 0 Å². The van der Waals surface area contributed by atoms with Gasteiger partial charge in [0.15, 0.2) is 0 Å². The molecule has 0 saturated heterocycles. The Hall–Kier alpha value is -0.130. The minimum absolute atomic E-state index is 0.114. The number of nitrogens with zero attached hydrogens (tertiary/aromatic N) is 1. The molecular weight excluding hydrogens is 212 g/mol. The molecule has 0 aromatic carbocycles. The van der Waals surface area contributed by atoms with Crippen molar-refractivity contribution in [2.24, 2.45) is 0 Å². The summed E-state index contributed by atoms with van der Waals surface area (Å²) in [6, 6.07) is 0. The highest BCUT2D eigenvalue weighted by atomic mass is 32.2. The quantitative estimate of drug-likeness (QED) is 0.692. The third-order valence-corrected chi connectivity index (χ3v) is 5.42. The van der Waals surface area contributed by atoms with Crippen LogP contribution in [0.4, 0.5) is 0 Å². The van der Waals surface area contributed by atoms with Crippen molar-refractivity contribution in [1.29, 1.82) is 0 Å². The van der Waals surface area contributed by atoms with E-state index in [4.69, 9.17) is 0 Å². The van der Waals surface area contributed by atoms with E-state index >= 15 is 0 Å². The van der Waals surface area contributed by atoms with Gasteiger partial charge in [-0.25, -0.2) is 12.7 Å². The maximum Gasteiger partial charge on any atom is 0.216 e. The van der Waals surface area contributed by atoms with Crippen LogP contribution in [0.25, 0.3) is 0 Å². The van der Waals surface area contributed by atoms with E-state index in [9.17, 15) is 8.42 Å². The van der Waals surface area contributed by atoms with Crippen molar-refractivity contribution in [3.63, 3.8) is 0 Å². The second-order valence-corrected chi connectivity index (χ2v) is 6.55. The molecular formula is C10H22N2O2S. The van der Waals surface area contributed by atoms with Crippen LogP contribution in [0.3, 0.4) is 0 Å². The summed E-state index contributed by atoms with van der Waals surface area (Å²) in [7, 11) is 0.565. The van der Waals surface area contributed by atoms with Crippen LogP contribution in [-0.2, 0) is 10.0 Å². The standard InChI is InChI=1S/C10H22N2O2S/c1-11-8-5-9-12(2)15(13,14)10-6-3-4-7-10/h10-11H,3-9H2,1-2H3. The number of hydrogen-bond acceptors (Lipinski definition) is 3. The molecule has 90 valence electrons. The Bertz CT molecular complexity index is 271. The second-order valence-electron chi connectivity index (χ2n) is 4.23. The first-order chi connectivity index (χ1) is 7.09. The summed E-state index contributed by atoms with van der Waals surface area (Å²) < 4.78 is 25.6. The first kappa shape index (κ1) is 12.9. The predicted octanol–water partition coefficient (Wildman–Crippen LogP) is 0.800. The molecule has 0 aromatic rings. The zero-order valence-electron chi connectivity index (χ0n) is 9.70. The molecule has 1 aliphatic carbocycles. The summed E-state index contributed by atoms with van der Waals surface area (Å²) in [5.74, 6) is 0. The molecule has 0 atom stereocenters. The van der Waals surface area contributed by atoms with E-state index in [1.807, 2.05) is 7.05 Å². The molecule has 0 aliphatic heterocycles. The molecule has 1 saturated carbocycles. The van der Waals surface area contributed by atoms with Crippen molar-refractivity contribution in [2.75, 3.05) is 27.2 Å². The van der Waals surface area contributed by atoms with Crippen LogP contribution in [0.1, 0.15) is 32.1 Å². The van der Waals surface area contributed by atoms with Crippen molar-refractivity contribution in [1.82, 2.24) is 9.62 Å². The number of nitrogens with one attached hydrogen (secondary N) is 1. The highest BCUT2D eigenvalue weighted by Crippen LogP contribution is 2.26. The van der Waals surface area contributed by atoms with Gasteiger partial charge in [-0.15, -0.1) is 0 Å². The van der Waals surface area contributed by atoms with E-state index in [-0.39, 0.29) is 5.25 Å². The van der Waals surface area contributed by atoms with E-state index < -0.39 is 10.0 Å². The van der Waals surface area contributed by atoms with Gasteiger partial charge in [0.25, 0.3) is 0 Å². The molecule has 1 aliphatic rings. The van der Waals surface area contributed by atoms with Gasteiger partial charge in [0.2, 0.25) is 10.0 Å². The van der Waals surface area contributed by atoms with Crippen LogP contribution in [0.15, 0.2) is 0 Å². The lowest BCUT2D eigenvalue weighted by atomic mass is 10.4. The van der Waals surface area contributed by atoms with Crippen LogP contribution >= 0.6 is 0 Å². The van der Waals surface area contributed by atoms with Gasteiger partial charge in [-0.1, -0.05) is 12.8 Å². The lowest BCUT2D eigenvalue weighted by Gasteiger charge is -2.21. The average molecular weight is 234 g/mol. The van der Waals surface area contributed by atoms with Gasteiger partial charge in [0.1, 0.15) is 0 Å². The molecule has 15 heavy (non-hydrogen) atoms. The molecule has 0 heterocycles. The van der Waals surface area contributed by atoms with Gasteiger partial charge in [0.05, 0.1) is 5.25 Å². The Balaban J connectivity index is 2.45. The fraction of sp³-hybridized carbons (Fsp3) is 1.00. The largest absolute Gasteiger partial charge is 0.320 e. The topological polar surface area (TPSA) is 49.4 Å². The molecule has 5 heteroatoms. The van der Waals surface area contributed by atoms with Crippen LogP contribution in [0.2, 0.25) is 0 Å². The summed E-state index contributed by atoms with van der Waals surface area (Å²) in [6.07, 6.45) is 4.69. The molecule has 0 radical (unpaired) electrons. The van der Waals surface area contributed by atoms with Crippen molar-refractivity contribution in [3.8, 4) is 0 Å². The second kappa shape index (κ2) is 5.82. The Kier molecular flexibility index (Phi) is 5.02. The SMILES string of the molecule is CNCCCN(C)S(=O)(=O)C1CCCC1. The number of hydrogen-bond donors (Lipinski definition) is 1. The Morgan fingerprint density at radius 3 is 2.47 bits per heavy atom. The van der Waals surface area contributed by atoms with E-state index in [2.05, 4.69) is 5.32 Å². The maximum atomic E-state index is 12.0. The Morgan fingerprint density at radius 1 is 1.33 bits per heavy atom. The van der Waals surface area contributed by atoms with Crippen LogP contribution < -0.4 is 5.32 Å². The molecule has 1 rings (SSSR count). The van der Waals surface area contributed by atoms with Gasteiger partial charge < -0.3 is 5.32 Å². The Labute approximate surface area is 93.1 Å². The van der Waals surface area contributed by atoms with E-state index in [1.54, 1.807) is 7.05 Å². The van der Waals surface area contributed by atoms with Gasteiger partial charge in [0, 0.05) is 13.6 Å². The van der Waals surface area contributed by atoms with Crippen molar-refractivity contribution >= 4 is 10.0 Å². The van der Waals surface area contributed by atoms with Gasteiger partial charge in [-0.2, -0.15) is 0 Å². The van der Waals surface area contributed by atoms with E-state index in [1.165, 1.54) is 4.31 Å². The lowest BCUT2D eigenvalue weighted by Crippen LogP contribution is -2.36. The van der Waals surface area contributed by atoms with Gasteiger partial charge in [-0.3, -0.25) is 0 Å². The molecule has 0 amide bonds. The third kappa shape index (κ3) is 3.43. The minimum atomic E-state index is -3.01. The average Bonchev–Trinajstić information content (AvgIpc) is 2.71. The molecule has 0 aromatic heterocycles. The first-order valence-electron chi connectivity index (χ1n) is 5.69. The summed E-state index contributed by atoms with van der Waals surface area (Å²) in [5.41, 5.74) is 0. The molecule has 0 bridgehead atoms. The fourth-order valence-electron chi connectivity index (χ4n) is 2.05. The van der Waals surface area contributed by atoms with Crippen molar-refractivity contribution in [3.05, 3.63) is 0 Å². The molecule has 0 unspecified atom stereocenters. The first-order valence-corrected chi connectivity index (χ1v) is 7.19. The zero-order valence-corrected chi connectivity index (χ0v) is 10.5. The summed E-state index contributed by atoms with van der Waals surface area (Å²) in [4.78, 5) is 0. The fourth-order valence-corrected chi connectivity index (χ4v) is 3.87. The third-order valence-electron chi connectivity index (χ3n) is 3.06. The Morgan fingerprint density at radius 2 is 1.93 bits per heavy atom. The normalized spacial score (nSPS) is 18.9. The smallest absolute Gasteiger partial charge is 0.216 e. The molecule has 1 N–H and O–H groups in total. The predicted molar refractivity (Wildman–Crippen MR) is 62.3 cm³/mol. The monoisotopic (exact) mass is 234 g/mol. The maximum absolute atomic E-state index is 12.0. The van der Waals surface area contributed by atoms with E-state index in [0.29, 0.717) is 6.54 Å². The van der Waals surface area contributed by atoms with Crippen LogP contribution in [-0.4, -0.2) is 45.2 Å².